The zero-order valence-corrected chi connectivity index (χ0v) is 8.80. The standard InChI is InChI=1S/C10H10N4O3/c11-2-4-1-5-7(12-3-17-5)8-6(4)9(10(15)16)14-13-8/h3-4H,1-2,11H2,(H,13,14)(H,15,16). The normalized spacial score (nSPS) is 17.6. The lowest BCUT2D eigenvalue weighted by atomic mass is 9.86. The molecular formula is C10H10N4O3. The Morgan fingerprint density at radius 3 is 3.18 bits per heavy atom. The van der Waals surface area contributed by atoms with E-state index in [4.69, 9.17) is 15.3 Å². The summed E-state index contributed by atoms with van der Waals surface area (Å²) >= 11 is 0. The van der Waals surface area contributed by atoms with E-state index in [0.717, 1.165) is 0 Å². The molecule has 7 heteroatoms. The first kappa shape index (κ1) is 10.0. The summed E-state index contributed by atoms with van der Waals surface area (Å²) in [5.74, 6) is -0.434. The van der Waals surface area contributed by atoms with E-state index in [-0.39, 0.29) is 11.6 Å². The van der Waals surface area contributed by atoms with Crippen LogP contribution in [0.1, 0.15) is 27.7 Å². The third kappa shape index (κ3) is 1.29. The molecule has 0 saturated heterocycles. The van der Waals surface area contributed by atoms with Crippen molar-refractivity contribution < 1.29 is 14.3 Å². The number of nitrogens with one attached hydrogen (secondary N) is 1. The molecule has 0 bridgehead atoms. The Morgan fingerprint density at radius 2 is 2.47 bits per heavy atom. The van der Waals surface area contributed by atoms with Gasteiger partial charge in [-0.2, -0.15) is 5.10 Å². The Balaban J connectivity index is 2.24. The SMILES string of the molecule is NCC1Cc2ocnc2-c2n[nH]c(C(=O)O)c21. The van der Waals surface area contributed by atoms with Crippen molar-refractivity contribution in [3.8, 4) is 11.4 Å². The average Bonchev–Trinajstić information content (AvgIpc) is 2.93. The number of carboxylic acid groups (broad SMARTS) is 1. The molecule has 2 aromatic heterocycles. The number of H-pyrrole nitrogens is 1. The molecule has 0 amide bonds. The minimum atomic E-state index is -1.04. The lowest BCUT2D eigenvalue weighted by molar-refractivity contribution is 0.0688. The van der Waals surface area contributed by atoms with E-state index >= 15 is 0 Å². The molecule has 1 unspecified atom stereocenters. The number of nitrogens with two attached hydrogens (primary N) is 1. The monoisotopic (exact) mass is 234 g/mol. The molecule has 1 aliphatic rings. The number of fused-ring (bicyclic) bond motifs is 3. The number of rotatable bonds is 2. The molecule has 0 saturated carbocycles. The highest BCUT2D eigenvalue weighted by Gasteiger charge is 2.34. The van der Waals surface area contributed by atoms with Crippen LogP contribution in [0.15, 0.2) is 10.8 Å². The van der Waals surface area contributed by atoms with E-state index in [1.165, 1.54) is 6.39 Å². The first-order valence-corrected chi connectivity index (χ1v) is 5.16. The number of hydrogen-bond acceptors (Lipinski definition) is 5. The summed E-state index contributed by atoms with van der Waals surface area (Å²) in [5.41, 5.74) is 7.53. The predicted octanol–water partition coefficient (Wildman–Crippen LogP) is 0.361. The molecule has 0 aliphatic heterocycles. The van der Waals surface area contributed by atoms with E-state index in [0.29, 0.717) is 35.7 Å². The fraction of sp³-hybridized carbons (Fsp3) is 0.300. The minimum absolute atomic E-state index is 0.0871. The van der Waals surface area contributed by atoms with Crippen molar-refractivity contribution >= 4 is 5.97 Å². The van der Waals surface area contributed by atoms with Gasteiger partial charge < -0.3 is 15.3 Å². The number of carbonyl (C=O) groups is 1. The van der Waals surface area contributed by atoms with E-state index in [9.17, 15) is 4.79 Å². The van der Waals surface area contributed by atoms with Crippen molar-refractivity contribution in [2.45, 2.75) is 12.3 Å². The van der Waals surface area contributed by atoms with Gasteiger partial charge in [-0.25, -0.2) is 9.78 Å². The van der Waals surface area contributed by atoms with Crippen LogP contribution in [-0.2, 0) is 6.42 Å². The van der Waals surface area contributed by atoms with E-state index in [2.05, 4.69) is 15.2 Å². The van der Waals surface area contributed by atoms with Crippen molar-refractivity contribution in [2.75, 3.05) is 6.54 Å². The molecule has 1 aliphatic carbocycles. The number of nitrogens with zero attached hydrogens (tertiary/aromatic N) is 2. The summed E-state index contributed by atoms with van der Waals surface area (Å²) < 4.78 is 5.25. The van der Waals surface area contributed by atoms with Gasteiger partial charge >= 0.3 is 5.97 Å². The molecule has 1 atom stereocenters. The highest BCUT2D eigenvalue weighted by atomic mass is 16.4. The molecule has 4 N–H and O–H groups in total. The van der Waals surface area contributed by atoms with Gasteiger partial charge in [0, 0.05) is 17.9 Å². The summed E-state index contributed by atoms with van der Waals surface area (Å²) in [5, 5.41) is 15.6. The maximum absolute atomic E-state index is 11.1. The number of aromatic amines is 1. The van der Waals surface area contributed by atoms with E-state index in [1.807, 2.05) is 0 Å². The topological polar surface area (TPSA) is 118 Å². The van der Waals surface area contributed by atoms with E-state index in [1.54, 1.807) is 0 Å². The van der Waals surface area contributed by atoms with Crippen molar-refractivity contribution in [2.24, 2.45) is 5.73 Å². The van der Waals surface area contributed by atoms with Crippen LogP contribution in [0.5, 0.6) is 0 Å². The Morgan fingerprint density at radius 1 is 1.65 bits per heavy atom. The quantitative estimate of drug-likeness (QED) is 0.690. The predicted molar refractivity (Wildman–Crippen MR) is 56.5 cm³/mol. The summed E-state index contributed by atoms with van der Waals surface area (Å²) in [6.45, 7) is 0.340. The molecule has 2 heterocycles. The molecule has 2 aromatic rings. The van der Waals surface area contributed by atoms with Crippen LogP contribution in [0, 0.1) is 0 Å². The van der Waals surface area contributed by atoms with Crippen LogP contribution in [0.25, 0.3) is 11.4 Å². The third-order valence-corrected chi connectivity index (χ3v) is 3.01. The molecule has 3 rings (SSSR count). The molecule has 7 nitrogen and oxygen atoms in total. The third-order valence-electron chi connectivity index (χ3n) is 3.01. The Bertz CT molecular complexity index is 586. The second kappa shape index (κ2) is 3.42. The average molecular weight is 234 g/mol. The van der Waals surface area contributed by atoms with Crippen molar-refractivity contribution in [3.63, 3.8) is 0 Å². The van der Waals surface area contributed by atoms with Gasteiger partial charge in [-0.15, -0.1) is 0 Å². The van der Waals surface area contributed by atoms with Crippen LogP contribution in [0.2, 0.25) is 0 Å². The summed E-state index contributed by atoms with van der Waals surface area (Å²) in [6.07, 6.45) is 1.89. The fourth-order valence-electron chi connectivity index (χ4n) is 2.23. The van der Waals surface area contributed by atoms with Crippen molar-refractivity contribution in [1.29, 1.82) is 0 Å². The van der Waals surface area contributed by atoms with Gasteiger partial charge in [-0.05, 0) is 6.54 Å². The van der Waals surface area contributed by atoms with Gasteiger partial charge in [-0.3, -0.25) is 5.10 Å². The fourth-order valence-corrected chi connectivity index (χ4v) is 2.23. The number of oxazole rings is 1. The second-order valence-electron chi connectivity index (χ2n) is 3.93. The first-order valence-electron chi connectivity index (χ1n) is 5.16. The number of carboxylic acids is 1. The Hall–Kier alpha value is -2.15. The van der Waals surface area contributed by atoms with Crippen molar-refractivity contribution in [3.05, 3.63) is 23.4 Å². The molecule has 0 radical (unpaired) electrons. The lowest BCUT2D eigenvalue weighted by Gasteiger charge is -2.18. The van der Waals surface area contributed by atoms with Gasteiger partial charge in [0.1, 0.15) is 22.8 Å². The Kier molecular flexibility index (Phi) is 2.02. The smallest absolute Gasteiger partial charge is 0.354 e. The minimum Gasteiger partial charge on any atom is -0.477 e. The number of hydrogen-bond donors (Lipinski definition) is 3. The maximum atomic E-state index is 11.1. The molecule has 0 aromatic carbocycles. The Labute approximate surface area is 95.6 Å². The summed E-state index contributed by atoms with van der Waals surface area (Å²) in [4.78, 5) is 15.1. The van der Waals surface area contributed by atoms with Crippen LogP contribution < -0.4 is 5.73 Å². The number of aromatic nitrogens is 3. The maximum Gasteiger partial charge on any atom is 0.354 e. The summed E-state index contributed by atoms with van der Waals surface area (Å²) in [6, 6.07) is 0. The van der Waals surface area contributed by atoms with Crippen LogP contribution >= 0.6 is 0 Å². The van der Waals surface area contributed by atoms with Gasteiger partial charge in [-0.1, -0.05) is 0 Å². The summed E-state index contributed by atoms with van der Waals surface area (Å²) in [7, 11) is 0. The second-order valence-corrected chi connectivity index (χ2v) is 3.93. The molecule has 88 valence electrons. The molecular weight excluding hydrogens is 224 g/mol. The highest BCUT2D eigenvalue weighted by Crippen LogP contribution is 2.38. The van der Waals surface area contributed by atoms with Gasteiger partial charge in [0.15, 0.2) is 6.39 Å². The van der Waals surface area contributed by atoms with Crippen LogP contribution in [0.4, 0.5) is 0 Å². The van der Waals surface area contributed by atoms with Gasteiger partial charge in [0.05, 0.1) is 0 Å². The van der Waals surface area contributed by atoms with Crippen molar-refractivity contribution in [1.82, 2.24) is 15.2 Å². The van der Waals surface area contributed by atoms with Gasteiger partial charge in [0.2, 0.25) is 0 Å². The zero-order chi connectivity index (χ0) is 12.0. The molecule has 17 heavy (non-hydrogen) atoms. The lowest BCUT2D eigenvalue weighted by Crippen LogP contribution is -2.20. The van der Waals surface area contributed by atoms with Crippen LogP contribution in [0.3, 0.4) is 0 Å². The largest absolute Gasteiger partial charge is 0.477 e. The van der Waals surface area contributed by atoms with E-state index < -0.39 is 5.97 Å². The zero-order valence-electron chi connectivity index (χ0n) is 8.80. The van der Waals surface area contributed by atoms with Gasteiger partial charge in [0.25, 0.3) is 0 Å². The van der Waals surface area contributed by atoms with Crippen LogP contribution in [-0.4, -0.2) is 32.8 Å². The molecule has 0 fully saturated rings. The highest BCUT2D eigenvalue weighted by molar-refractivity contribution is 5.90. The molecule has 0 spiro atoms. The number of aromatic carboxylic acids is 1. The first-order chi connectivity index (χ1) is 8.22.